The minimum Gasteiger partial charge on any atom is -0.495 e. The Balaban J connectivity index is 1.58. The molecule has 39 heavy (non-hydrogen) atoms. The standard InChI is InChI=1S/C27H25F4N5O3/c1-39-24-7-2-17(27(29,30)31)14-23(24)36-22(15-25(37)38)20-16-32-9-8-21(20)33-26(36)35-12-10-34(11-13-35)19-5-3-18(28)4-6-19/h2-9,14,16,22H,10-13,15H2,1H3,(H,37,38). The lowest BCUT2D eigenvalue weighted by atomic mass is 9.98. The molecule has 1 aromatic heterocycles. The molecule has 0 saturated carbocycles. The molecule has 0 spiro atoms. The maximum atomic E-state index is 13.8. The highest BCUT2D eigenvalue weighted by Crippen LogP contribution is 2.45. The number of anilines is 2. The molecule has 5 rings (SSSR count). The fraction of sp³-hybridized carbons (Fsp3) is 0.296. The van der Waals surface area contributed by atoms with Crippen molar-refractivity contribution in [2.24, 2.45) is 4.99 Å². The lowest BCUT2D eigenvalue weighted by Crippen LogP contribution is -2.55. The van der Waals surface area contributed by atoms with Crippen LogP contribution in [0.1, 0.15) is 23.6 Å². The Morgan fingerprint density at radius 3 is 2.38 bits per heavy atom. The molecule has 0 amide bonds. The number of aliphatic imine (C=N–C) groups is 1. The average Bonchev–Trinajstić information content (AvgIpc) is 2.92. The number of aliphatic carboxylic acids is 1. The Labute approximate surface area is 221 Å². The summed E-state index contributed by atoms with van der Waals surface area (Å²) in [5.41, 5.74) is 0.971. The van der Waals surface area contributed by atoms with Gasteiger partial charge in [-0.3, -0.25) is 9.78 Å². The van der Waals surface area contributed by atoms with Crippen LogP contribution < -0.4 is 14.5 Å². The van der Waals surface area contributed by atoms with Crippen LogP contribution in [0.25, 0.3) is 0 Å². The fourth-order valence-corrected chi connectivity index (χ4v) is 4.93. The second-order valence-corrected chi connectivity index (χ2v) is 9.16. The minimum atomic E-state index is -4.63. The van der Waals surface area contributed by atoms with E-state index < -0.39 is 30.2 Å². The molecule has 1 saturated heterocycles. The van der Waals surface area contributed by atoms with E-state index in [1.807, 2.05) is 4.90 Å². The van der Waals surface area contributed by atoms with Crippen LogP contribution in [0.3, 0.4) is 0 Å². The highest BCUT2D eigenvalue weighted by Gasteiger charge is 2.39. The Hall–Kier alpha value is -4.35. The van der Waals surface area contributed by atoms with Gasteiger partial charge in [-0.05, 0) is 48.5 Å². The number of rotatable bonds is 5. The van der Waals surface area contributed by atoms with Crippen LogP contribution in [0.5, 0.6) is 5.75 Å². The second-order valence-electron chi connectivity index (χ2n) is 9.16. The molecular weight excluding hydrogens is 518 g/mol. The zero-order valence-corrected chi connectivity index (χ0v) is 20.9. The van der Waals surface area contributed by atoms with Crippen LogP contribution in [-0.2, 0) is 11.0 Å². The van der Waals surface area contributed by atoms with Crippen LogP contribution >= 0.6 is 0 Å². The first kappa shape index (κ1) is 26.3. The van der Waals surface area contributed by atoms with Crippen molar-refractivity contribution in [3.63, 3.8) is 0 Å². The molecule has 2 aromatic carbocycles. The van der Waals surface area contributed by atoms with Gasteiger partial charge in [0.05, 0.1) is 36.5 Å². The van der Waals surface area contributed by atoms with Gasteiger partial charge in [0.1, 0.15) is 11.6 Å². The molecule has 0 radical (unpaired) electrons. The zero-order chi connectivity index (χ0) is 27.7. The molecule has 1 unspecified atom stereocenters. The predicted molar refractivity (Wildman–Crippen MR) is 137 cm³/mol. The molecule has 0 bridgehead atoms. The van der Waals surface area contributed by atoms with Crippen LogP contribution in [0.4, 0.5) is 34.6 Å². The van der Waals surface area contributed by atoms with E-state index >= 15 is 0 Å². The van der Waals surface area contributed by atoms with E-state index in [1.165, 1.54) is 42.6 Å². The molecule has 1 atom stereocenters. The molecule has 1 N–H and O–H groups in total. The van der Waals surface area contributed by atoms with Crippen molar-refractivity contribution in [2.75, 3.05) is 43.1 Å². The van der Waals surface area contributed by atoms with Gasteiger partial charge >= 0.3 is 12.1 Å². The van der Waals surface area contributed by atoms with E-state index in [2.05, 4.69) is 9.88 Å². The summed E-state index contributed by atoms with van der Waals surface area (Å²) in [7, 11) is 1.34. The molecule has 2 aliphatic heterocycles. The van der Waals surface area contributed by atoms with Crippen molar-refractivity contribution >= 4 is 29.0 Å². The third kappa shape index (κ3) is 5.31. The zero-order valence-electron chi connectivity index (χ0n) is 20.9. The summed E-state index contributed by atoms with van der Waals surface area (Å²) < 4.78 is 60.1. The smallest absolute Gasteiger partial charge is 0.416 e. The number of carboxylic acid groups (broad SMARTS) is 1. The van der Waals surface area contributed by atoms with E-state index in [4.69, 9.17) is 9.73 Å². The van der Waals surface area contributed by atoms with E-state index in [0.29, 0.717) is 43.4 Å². The van der Waals surface area contributed by atoms with Gasteiger partial charge in [0, 0.05) is 49.8 Å². The monoisotopic (exact) mass is 543 g/mol. The number of nitrogens with zero attached hydrogens (tertiary/aromatic N) is 5. The van der Waals surface area contributed by atoms with Crippen molar-refractivity contribution in [3.05, 3.63) is 77.9 Å². The summed E-state index contributed by atoms with van der Waals surface area (Å²) in [4.78, 5) is 26.4. The van der Waals surface area contributed by atoms with Crippen LogP contribution in [0, 0.1) is 5.82 Å². The first-order chi connectivity index (χ1) is 18.7. The summed E-state index contributed by atoms with van der Waals surface area (Å²) in [6.45, 7) is 1.94. The summed E-state index contributed by atoms with van der Waals surface area (Å²) in [6, 6.07) is 10.0. The molecule has 3 aromatic rings. The van der Waals surface area contributed by atoms with E-state index in [9.17, 15) is 27.5 Å². The number of fused-ring (bicyclic) bond motifs is 1. The molecule has 2 aliphatic rings. The number of piperazine rings is 1. The minimum absolute atomic E-state index is 0.0489. The van der Waals surface area contributed by atoms with Crippen molar-refractivity contribution in [1.29, 1.82) is 0 Å². The Morgan fingerprint density at radius 1 is 1.05 bits per heavy atom. The molecule has 0 aliphatic carbocycles. The van der Waals surface area contributed by atoms with Gasteiger partial charge in [-0.2, -0.15) is 13.2 Å². The normalized spacial score (nSPS) is 17.5. The molecule has 1 fully saturated rings. The number of methoxy groups -OCH3 is 1. The van der Waals surface area contributed by atoms with Gasteiger partial charge in [-0.25, -0.2) is 9.38 Å². The summed E-state index contributed by atoms with van der Waals surface area (Å²) in [6.07, 6.45) is -2.02. The molecular formula is C27H25F4N5O3. The number of benzene rings is 2. The van der Waals surface area contributed by atoms with Gasteiger partial charge in [0.25, 0.3) is 0 Å². The van der Waals surface area contributed by atoms with E-state index in [-0.39, 0.29) is 17.3 Å². The Kier molecular flexibility index (Phi) is 7.02. The van der Waals surface area contributed by atoms with Crippen LogP contribution in [-0.4, -0.2) is 60.2 Å². The average molecular weight is 544 g/mol. The van der Waals surface area contributed by atoms with Gasteiger partial charge < -0.3 is 24.5 Å². The molecule has 8 nitrogen and oxygen atoms in total. The largest absolute Gasteiger partial charge is 0.495 e. The van der Waals surface area contributed by atoms with Gasteiger partial charge in [-0.1, -0.05) is 0 Å². The summed E-state index contributed by atoms with van der Waals surface area (Å²) in [5.74, 6) is -1.01. The number of alkyl halides is 3. The first-order valence-electron chi connectivity index (χ1n) is 12.2. The number of aromatic nitrogens is 1. The van der Waals surface area contributed by atoms with Crippen LogP contribution in [0.2, 0.25) is 0 Å². The number of pyridine rings is 1. The van der Waals surface area contributed by atoms with Crippen molar-refractivity contribution < 1.29 is 32.2 Å². The third-order valence-electron chi connectivity index (χ3n) is 6.82. The van der Waals surface area contributed by atoms with Crippen LogP contribution in [0.15, 0.2) is 65.9 Å². The maximum absolute atomic E-state index is 13.8. The summed E-state index contributed by atoms with van der Waals surface area (Å²) >= 11 is 0. The SMILES string of the molecule is COc1ccc(C(F)(F)F)cc1N1C(N2CCN(c3ccc(F)cc3)CC2)=Nc2ccncc2C1CC(=O)O. The number of ether oxygens (including phenoxy) is 1. The molecule has 12 heteroatoms. The predicted octanol–water partition coefficient (Wildman–Crippen LogP) is 5.09. The number of guanidine groups is 1. The van der Waals surface area contributed by atoms with Gasteiger partial charge in [0.2, 0.25) is 5.96 Å². The van der Waals surface area contributed by atoms with Crippen molar-refractivity contribution in [1.82, 2.24) is 9.88 Å². The fourth-order valence-electron chi connectivity index (χ4n) is 4.93. The highest BCUT2D eigenvalue weighted by atomic mass is 19.4. The second kappa shape index (κ2) is 10.4. The number of carbonyl (C=O) groups is 1. The Bertz CT molecular complexity index is 1390. The third-order valence-corrected chi connectivity index (χ3v) is 6.82. The topological polar surface area (TPSA) is 81.5 Å². The number of halogens is 4. The van der Waals surface area contributed by atoms with Crippen molar-refractivity contribution in [3.8, 4) is 5.75 Å². The highest BCUT2D eigenvalue weighted by molar-refractivity contribution is 6.02. The van der Waals surface area contributed by atoms with E-state index in [0.717, 1.165) is 17.8 Å². The lowest BCUT2D eigenvalue weighted by molar-refractivity contribution is -0.138. The lowest BCUT2D eigenvalue weighted by Gasteiger charge is -2.45. The molecule has 204 valence electrons. The van der Waals surface area contributed by atoms with Gasteiger partial charge in [-0.15, -0.1) is 0 Å². The number of hydrogen-bond donors (Lipinski definition) is 1. The Morgan fingerprint density at radius 2 is 1.74 bits per heavy atom. The van der Waals surface area contributed by atoms with E-state index in [1.54, 1.807) is 18.2 Å². The molecule has 3 heterocycles. The number of hydrogen-bond acceptors (Lipinski definition) is 7. The quantitative estimate of drug-likeness (QED) is 0.449. The van der Waals surface area contributed by atoms with Gasteiger partial charge in [0.15, 0.2) is 0 Å². The number of carboxylic acids is 1. The summed E-state index contributed by atoms with van der Waals surface area (Å²) in [5, 5.41) is 9.80. The maximum Gasteiger partial charge on any atom is 0.416 e. The van der Waals surface area contributed by atoms with Crippen molar-refractivity contribution in [2.45, 2.75) is 18.6 Å². The first-order valence-corrected chi connectivity index (χ1v) is 12.2.